The SMILES string of the molecule is Cc1ccc(C)c(NS(=O)(=O)CCCCNC(C)C)c1. The molecule has 1 aromatic carbocycles. The molecular weight excluding hydrogens is 272 g/mol. The van der Waals surface area contributed by atoms with Crippen LogP contribution in [0.2, 0.25) is 0 Å². The van der Waals surface area contributed by atoms with Crippen LogP contribution < -0.4 is 10.0 Å². The van der Waals surface area contributed by atoms with Crippen LogP contribution in [0.4, 0.5) is 5.69 Å². The highest BCUT2D eigenvalue weighted by atomic mass is 32.2. The average Bonchev–Trinajstić information content (AvgIpc) is 2.32. The van der Waals surface area contributed by atoms with Crippen molar-refractivity contribution in [1.82, 2.24) is 5.32 Å². The lowest BCUT2D eigenvalue weighted by atomic mass is 10.1. The van der Waals surface area contributed by atoms with Gasteiger partial charge in [-0.25, -0.2) is 8.42 Å². The van der Waals surface area contributed by atoms with E-state index in [1.54, 1.807) is 0 Å². The van der Waals surface area contributed by atoms with Crippen LogP contribution in [-0.2, 0) is 10.0 Å². The van der Waals surface area contributed by atoms with Crippen molar-refractivity contribution in [3.63, 3.8) is 0 Å². The smallest absolute Gasteiger partial charge is 0.232 e. The molecule has 0 saturated heterocycles. The van der Waals surface area contributed by atoms with Gasteiger partial charge in [0, 0.05) is 6.04 Å². The van der Waals surface area contributed by atoms with E-state index in [1.165, 1.54) is 0 Å². The lowest BCUT2D eigenvalue weighted by Crippen LogP contribution is -2.24. The third kappa shape index (κ3) is 6.39. The lowest BCUT2D eigenvalue weighted by molar-refractivity contribution is 0.561. The molecule has 0 aliphatic rings. The summed E-state index contributed by atoms with van der Waals surface area (Å²) < 4.78 is 26.7. The summed E-state index contributed by atoms with van der Waals surface area (Å²) in [6.45, 7) is 8.88. The molecule has 0 spiro atoms. The first-order valence-electron chi connectivity index (χ1n) is 7.11. The van der Waals surface area contributed by atoms with E-state index in [0.29, 0.717) is 18.2 Å². The summed E-state index contributed by atoms with van der Waals surface area (Å²) in [7, 11) is -3.25. The molecule has 0 aliphatic carbocycles. The Morgan fingerprint density at radius 2 is 1.85 bits per heavy atom. The van der Waals surface area contributed by atoms with Crippen LogP contribution in [0, 0.1) is 13.8 Å². The van der Waals surface area contributed by atoms with Crippen LogP contribution in [0.1, 0.15) is 37.8 Å². The molecule has 0 bridgehead atoms. The number of anilines is 1. The fourth-order valence-corrected chi connectivity index (χ4v) is 3.11. The molecule has 20 heavy (non-hydrogen) atoms. The van der Waals surface area contributed by atoms with Crippen molar-refractivity contribution in [2.24, 2.45) is 0 Å². The zero-order valence-electron chi connectivity index (χ0n) is 12.9. The van der Waals surface area contributed by atoms with Gasteiger partial charge in [0.2, 0.25) is 10.0 Å². The third-order valence-corrected chi connectivity index (χ3v) is 4.41. The molecule has 0 saturated carbocycles. The van der Waals surface area contributed by atoms with Gasteiger partial charge in [-0.15, -0.1) is 0 Å². The van der Waals surface area contributed by atoms with Gasteiger partial charge in [-0.05, 0) is 50.4 Å². The lowest BCUT2D eigenvalue weighted by Gasteiger charge is -2.12. The maximum atomic E-state index is 12.0. The molecule has 0 aromatic heterocycles. The highest BCUT2D eigenvalue weighted by molar-refractivity contribution is 7.92. The first-order chi connectivity index (χ1) is 9.30. The molecule has 0 amide bonds. The minimum absolute atomic E-state index is 0.167. The van der Waals surface area contributed by atoms with E-state index in [2.05, 4.69) is 23.9 Å². The zero-order valence-corrected chi connectivity index (χ0v) is 13.7. The molecule has 1 aromatic rings. The molecule has 5 heteroatoms. The van der Waals surface area contributed by atoms with Crippen LogP contribution >= 0.6 is 0 Å². The Hall–Kier alpha value is -1.07. The number of hydrogen-bond acceptors (Lipinski definition) is 3. The van der Waals surface area contributed by atoms with Crippen LogP contribution in [0.15, 0.2) is 18.2 Å². The summed E-state index contributed by atoms with van der Waals surface area (Å²) in [5.41, 5.74) is 2.68. The Balaban J connectivity index is 2.47. The normalized spacial score (nSPS) is 11.8. The summed E-state index contributed by atoms with van der Waals surface area (Å²) in [5.74, 6) is 0.167. The van der Waals surface area contributed by atoms with Crippen LogP contribution in [0.25, 0.3) is 0 Å². The van der Waals surface area contributed by atoms with Crippen molar-refractivity contribution >= 4 is 15.7 Å². The zero-order chi connectivity index (χ0) is 15.2. The minimum atomic E-state index is -3.25. The van der Waals surface area contributed by atoms with Crippen LogP contribution in [0.3, 0.4) is 0 Å². The molecule has 0 atom stereocenters. The summed E-state index contributed by atoms with van der Waals surface area (Å²) in [5, 5.41) is 3.28. The van der Waals surface area contributed by atoms with Crippen molar-refractivity contribution in [3.8, 4) is 0 Å². The van der Waals surface area contributed by atoms with E-state index in [9.17, 15) is 8.42 Å². The molecule has 0 radical (unpaired) electrons. The van der Waals surface area contributed by atoms with Crippen LogP contribution in [0.5, 0.6) is 0 Å². The molecule has 0 unspecified atom stereocenters. The third-order valence-electron chi connectivity index (χ3n) is 3.05. The fraction of sp³-hybridized carbons (Fsp3) is 0.600. The van der Waals surface area contributed by atoms with Gasteiger partial charge in [-0.3, -0.25) is 4.72 Å². The van der Waals surface area contributed by atoms with Crippen molar-refractivity contribution in [1.29, 1.82) is 0 Å². The van der Waals surface area contributed by atoms with Gasteiger partial charge < -0.3 is 5.32 Å². The fourth-order valence-electron chi connectivity index (χ4n) is 1.87. The second-order valence-electron chi connectivity index (χ2n) is 5.56. The Morgan fingerprint density at radius 3 is 2.50 bits per heavy atom. The van der Waals surface area contributed by atoms with Crippen molar-refractivity contribution in [2.45, 2.75) is 46.6 Å². The number of sulfonamides is 1. The Kier molecular flexibility index (Phi) is 6.49. The maximum absolute atomic E-state index is 12.0. The van der Waals surface area contributed by atoms with Crippen molar-refractivity contribution in [2.75, 3.05) is 17.0 Å². The number of benzene rings is 1. The van der Waals surface area contributed by atoms with Gasteiger partial charge in [0.25, 0.3) is 0 Å². The molecule has 0 heterocycles. The monoisotopic (exact) mass is 298 g/mol. The summed E-state index contributed by atoms with van der Waals surface area (Å²) in [6, 6.07) is 6.22. The Bertz CT molecular complexity index is 525. The molecule has 114 valence electrons. The number of unbranched alkanes of at least 4 members (excludes halogenated alkanes) is 1. The number of aryl methyl sites for hydroxylation is 2. The standard InChI is InChI=1S/C15H26N2O2S/c1-12(2)16-9-5-6-10-20(18,19)17-15-11-13(3)7-8-14(15)4/h7-8,11-12,16-17H,5-6,9-10H2,1-4H3. The predicted octanol–water partition coefficient (Wildman–Crippen LogP) is 2.82. The van der Waals surface area contributed by atoms with E-state index in [1.807, 2.05) is 32.0 Å². The summed E-state index contributed by atoms with van der Waals surface area (Å²) in [4.78, 5) is 0. The van der Waals surface area contributed by atoms with Gasteiger partial charge in [0.1, 0.15) is 0 Å². The van der Waals surface area contributed by atoms with Crippen molar-refractivity contribution in [3.05, 3.63) is 29.3 Å². The molecular formula is C15H26N2O2S. The van der Waals surface area contributed by atoms with Gasteiger partial charge >= 0.3 is 0 Å². The summed E-state index contributed by atoms with van der Waals surface area (Å²) >= 11 is 0. The first-order valence-corrected chi connectivity index (χ1v) is 8.76. The quantitative estimate of drug-likeness (QED) is 0.726. The van der Waals surface area contributed by atoms with Crippen LogP contribution in [-0.4, -0.2) is 26.8 Å². The highest BCUT2D eigenvalue weighted by Gasteiger charge is 2.11. The number of nitrogens with one attached hydrogen (secondary N) is 2. The van der Waals surface area contributed by atoms with Gasteiger partial charge in [0.05, 0.1) is 11.4 Å². The molecule has 1 rings (SSSR count). The Morgan fingerprint density at radius 1 is 1.15 bits per heavy atom. The molecule has 4 nitrogen and oxygen atoms in total. The van der Waals surface area contributed by atoms with Gasteiger partial charge in [0.15, 0.2) is 0 Å². The minimum Gasteiger partial charge on any atom is -0.315 e. The summed E-state index contributed by atoms with van der Waals surface area (Å²) in [6.07, 6.45) is 1.53. The second-order valence-corrected chi connectivity index (χ2v) is 7.40. The second kappa shape index (κ2) is 7.64. The largest absolute Gasteiger partial charge is 0.315 e. The number of hydrogen-bond donors (Lipinski definition) is 2. The van der Waals surface area contributed by atoms with Gasteiger partial charge in [-0.2, -0.15) is 0 Å². The van der Waals surface area contributed by atoms with E-state index < -0.39 is 10.0 Å². The average molecular weight is 298 g/mol. The molecule has 2 N–H and O–H groups in total. The van der Waals surface area contributed by atoms with E-state index in [-0.39, 0.29) is 5.75 Å². The topological polar surface area (TPSA) is 58.2 Å². The molecule has 0 aliphatic heterocycles. The highest BCUT2D eigenvalue weighted by Crippen LogP contribution is 2.18. The first kappa shape index (κ1) is 17.0. The molecule has 0 fully saturated rings. The van der Waals surface area contributed by atoms with E-state index in [0.717, 1.165) is 24.1 Å². The maximum Gasteiger partial charge on any atom is 0.232 e. The van der Waals surface area contributed by atoms with Gasteiger partial charge in [-0.1, -0.05) is 26.0 Å². The Labute approximate surface area is 123 Å². The number of rotatable bonds is 8. The predicted molar refractivity (Wildman–Crippen MR) is 85.7 cm³/mol. The van der Waals surface area contributed by atoms with E-state index in [4.69, 9.17) is 0 Å². The van der Waals surface area contributed by atoms with Crippen molar-refractivity contribution < 1.29 is 8.42 Å². The van der Waals surface area contributed by atoms with E-state index >= 15 is 0 Å².